The standard InChI is InChI=1S/C17H26O/c1-14-6-4-7-15(2)10-11-17(12-13-18)16(3)9-5-8-14/h7-9,13,17H,4-6,10-12H2,1-3H3/b14-8-,15-7-,16-9+. The summed E-state index contributed by atoms with van der Waals surface area (Å²) < 4.78 is 0. The topological polar surface area (TPSA) is 17.1 Å². The van der Waals surface area contributed by atoms with E-state index in [1.165, 1.54) is 23.1 Å². The lowest BCUT2D eigenvalue weighted by atomic mass is 9.89. The molecule has 0 aromatic rings. The van der Waals surface area contributed by atoms with Crippen molar-refractivity contribution in [2.75, 3.05) is 0 Å². The normalized spacial score (nSPS) is 31.7. The van der Waals surface area contributed by atoms with E-state index in [1.54, 1.807) is 0 Å². The number of rotatable bonds is 2. The first-order chi connectivity index (χ1) is 8.63. The maximum Gasteiger partial charge on any atom is 0.120 e. The molecule has 0 saturated carbocycles. The van der Waals surface area contributed by atoms with Gasteiger partial charge in [0.25, 0.3) is 0 Å². The lowest BCUT2D eigenvalue weighted by molar-refractivity contribution is -0.108. The van der Waals surface area contributed by atoms with Gasteiger partial charge in [0, 0.05) is 6.42 Å². The molecule has 1 unspecified atom stereocenters. The summed E-state index contributed by atoms with van der Waals surface area (Å²) in [6.07, 6.45) is 14.2. The van der Waals surface area contributed by atoms with Gasteiger partial charge >= 0.3 is 0 Å². The van der Waals surface area contributed by atoms with Crippen molar-refractivity contribution in [2.45, 2.75) is 59.3 Å². The van der Waals surface area contributed by atoms with Crippen LogP contribution >= 0.6 is 0 Å². The van der Waals surface area contributed by atoms with Crippen LogP contribution in [0.5, 0.6) is 0 Å². The van der Waals surface area contributed by atoms with Crippen molar-refractivity contribution in [3.05, 3.63) is 34.9 Å². The summed E-state index contributed by atoms with van der Waals surface area (Å²) in [6.45, 7) is 6.59. The van der Waals surface area contributed by atoms with Gasteiger partial charge in [0.15, 0.2) is 0 Å². The lowest BCUT2D eigenvalue weighted by Gasteiger charge is -2.16. The van der Waals surface area contributed by atoms with Gasteiger partial charge in [-0.2, -0.15) is 0 Å². The van der Waals surface area contributed by atoms with Crippen molar-refractivity contribution in [3.8, 4) is 0 Å². The van der Waals surface area contributed by atoms with Crippen LogP contribution in [-0.4, -0.2) is 6.29 Å². The summed E-state index contributed by atoms with van der Waals surface area (Å²) in [5.41, 5.74) is 4.31. The highest BCUT2D eigenvalue weighted by Crippen LogP contribution is 2.24. The maximum atomic E-state index is 10.8. The fraction of sp³-hybridized carbons (Fsp3) is 0.588. The van der Waals surface area contributed by atoms with Crippen molar-refractivity contribution >= 4 is 6.29 Å². The average molecular weight is 246 g/mol. The number of carbonyl (C=O) groups is 1. The molecule has 1 aliphatic carbocycles. The first kappa shape index (κ1) is 14.9. The molecule has 0 amide bonds. The molecule has 0 radical (unpaired) electrons. The van der Waals surface area contributed by atoms with Crippen molar-refractivity contribution in [1.82, 2.24) is 0 Å². The zero-order chi connectivity index (χ0) is 13.4. The van der Waals surface area contributed by atoms with E-state index < -0.39 is 0 Å². The van der Waals surface area contributed by atoms with Crippen molar-refractivity contribution in [2.24, 2.45) is 5.92 Å². The maximum absolute atomic E-state index is 10.8. The molecule has 100 valence electrons. The molecule has 0 bridgehead atoms. The fourth-order valence-electron chi connectivity index (χ4n) is 2.41. The summed E-state index contributed by atoms with van der Waals surface area (Å²) in [4.78, 5) is 10.8. The third-order valence-electron chi connectivity index (χ3n) is 3.85. The van der Waals surface area contributed by atoms with Gasteiger partial charge in [-0.1, -0.05) is 34.9 Å². The molecular weight excluding hydrogens is 220 g/mol. The number of carbonyl (C=O) groups excluding carboxylic acids is 1. The number of allylic oxidation sites excluding steroid dienone is 6. The van der Waals surface area contributed by atoms with Crippen molar-refractivity contribution in [1.29, 1.82) is 0 Å². The third kappa shape index (κ3) is 5.48. The second-order valence-electron chi connectivity index (χ2n) is 5.46. The molecule has 1 heteroatoms. The molecule has 0 fully saturated rings. The lowest BCUT2D eigenvalue weighted by Crippen LogP contribution is -2.04. The number of aldehydes is 1. The Kier molecular flexibility index (Phi) is 6.70. The van der Waals surface area contributed by atoms with Crippen LogP contribution in [0.4, 0.5) is 0 Å². The minimum Gasteiger partial charge on any atom is -0.303 e. The van der Waals surface area contributed by atoms with Crippen molar-refractivity contribution < 1.29 is 4.79 Å². The van der Waals surface area contributed by atoms with E-state index >= 15 is 0 Å². The molecule has 0 saturated heterocycles. The SMILES string of the molecule is C/C1=C/C/C=C(\C)C(CC=O)CC/C(C)=C\CC1. The molecule has 1 atom stereocenters. The van der Waals surface area contributed by atoms with Crippen LogP contribution in [0.2, 0.25) is 0 Å². The minimum absolute atomic E-state index is 0.430. The first-order valence-corrected chi connectivity index (χ1v) is 7.05. The average Bonchev–Trinajstić information content (AvgIpc) is 2.33. The van der Waals surface area contributed by atoms with E-state index in [1.807, 2.05) is 0 Å². The number of hydrogen-bond donors (Lipinski definition) is 0. The van der Waals surface area contributed by atoms with E-state index in [0.29, 0.717) is 12.3 Å². The Balaban J connectivity index is 2.82. The fourth-order valence-corrected chi connectivity index (χ4v) is 2.41. The van der Waals surface area contributed by atoms with Crippen LogP contribution in [-0.2, 0) is 4.79 Å². The van der Waals surface area contributed by atoms with Crippen LogP contribution in [0, 0.1) is 5.92 Å². The van der Waals surface area contributed by atoms with Crippen LogP contribution in [0.15, 0.2) is 34.9 Å². The predicted molar refractivity (Wildman–Crippen MR) is 78.5 cm³/mol. The highest BCUT2D eigenvalue weighted by molar-refractivity contribution is 5.50. The highest BCUT2D eigenvalue weighted by atomic mass is 16.1. The predicted octanol–water partition coefficient (Wildman–Crippen LogP) is 4.99. The summed E-state index contributed by atoms with van der Waals surface area (Å²) in [7, 11) is 0. The van der Waals surface area contributed by atoms with Gasteiger partial charge in [-0.15, -0.1) is 0 Å². The summed E-state index contributed by atoms with van der Waals surface area (Å²) in [5, 5.41) is 0. The Morgan fingerprint density at radius 1 is 1.11 bits per heavy atom. The van der Waals surface area contributed by atoms with Gasteiger partial charge in [0.05, 0.1) is 0 Å². The van der Waals surface area contributed by atoms with Gasteiger partial charge in [-0.25, -0.2) is 0 Å². The second kappa shape index (κ2) is 8.07. The molecule has 0 aromatic carbocycles. The first-order valence-electron chi connectivity index (χ1n) is 7.05. The van der Waals surface area contributed by atoms with Gasteiger partial charge < -0.3 is 4.79 Å². The molecule has 0 spiro atoms. The van der Waals surface area contributed by atoms with Gasteiger partial charge in [0.1, 0.15) is 6.29 Å². The highest BCUT2D eigenvalue weighted by Gasteiger charge is 2.10. The Morgan fingerprint density at radius 3 is 2.56 bits per heavy atom. The van der Waals surface area contributed by atoms with E-state index in [9.17, 15) is 4.79 Å². The summed E-state index contributed by atoms with van der Waals surface area (Å²) >= 11 is 0. The molecular formula is C17H26O. The molecule has 0 N–H and O–H groups in total. The van der Waals surface area contributed by atoms with Gasteiger partial charge in [-0.3, -0.25) is 0 Å². The van der Waals surface area contributed by atoms with E-state index in [0.717, 1.165) is 32.0 Å². The monoisotopic (exact) mass is 246 g/mol. The van der Waals surface area contributed by atoms with Crippen LogP contribution in [0.1, 0.15) is 59.3 Å². The van der Waals surface area contributed by atoms with Gasteiger partial charge in [0.2, 0.25) is 0 Å². The Bertz CT molecular complexity index is 358. The number of hydrogen-bond acceptors (Lipinski definition) is 1. The third-order valence-corrected chi connectivity index (χ3v) is 3.85. The van der Waals surface area contributed by atoms with Gasteiger partial charge in [-0.05, 0) is 58.8 Å². The van der Waals surface area contributed by atoms with E-state index in [-0.39, 0.29) is 0 Å². The Labute approximate surface area is 112 Å². The molecule has 0 heterocycles. The Hall–Kier alpha value is -1.11. The van der Waals surface area contributed by atoms with E-state index in [2.05, 4.69) is 39.0 Å². The zero-order valence-electron chi connectivity index (χ0n) is 12.0. The molecule has 0 aromatic heterocycles. The summed E-state index contributed by atoms with van der Waals surface area (Å²) in [6, 6.07) is 0. The smallest absolute Gasteiger partial charge is 0.120 e. The van der Waals surface area contributed by atoms with Crippen molar-refractivity contribution in [3.63, 3.8) is 0 Å². The second-order valence-corrected chi connectivity index (χ2v) is 5.46. The molecule has 1 aliphatic rings. The molecule has 18 heavy (non-hydrogen) atoms. The van der Waals surface area contributed by atoms with Crippen LogP contribution < -0.4 is 0 Å². The molecule has 1 nitrogen and oxygen atoms in total. The summed E-state index contributed by atoms with van der Waals surface area (Å²) in [5.74, 6) is 0.430. The largest absolute Gasteiger partial charge is 0.303 e. The Morgan fingerprint density at radius 2 is 1.83 bits per heavy atom. The van der Waals surface area contributed by atoms with Crippen LogP contribution in [0.3, 0.4) is 0 Å². The molecule has 1 rings (SSSR count). The quantitative estimate of drug-likeness (QED) is 0.495. The minimum atomic E-state index is 0.430. The molecule has 0 aliphatic heterocycles. The van der Waals surface area contributed by atoms with Crippen LogP contribution in [0.25, 0.3) is 0 Å². The van der Waals surface area contributed by atoms with E-state index in [4.69, 9.17) is 0 Å². The zero-order valence-corrected chi connectivity index (χ0v) is 12.0.